The minimum Gasteiger partial charge on any atom is -0.369 e. The number of H-pyrrole nitrogens is 1. The van der Waals surface area contributed by atoms with E-state index in [0.717, 1.165) is 21.1 Å². The molecule has 0 unspecified atom stereocenters. The maximum Gasteiger partial charge on any atom is 0.221 e. The largest absolute Gasteiger partial charge is 0.369 e. The van der Waals surface area contributed by atoms with Gasteiger partial charge in [0.15, 0.2) is 0 Å². The van der Waals surface area contributed by atoms with Gasteiger partial charge in [-0.15, -0.1) is 0 Å². The Bertz CT molecular complexity index is 559. The van der Waals surface area contributed by atoms with Gasteiger partial charge in [0.25, 0.3) is 0 Å². The molecule has 5 heteroatoms. The highest BCUT2D eigenvalue weighted by atomic mass is 79.9. The molecule has 1 aromatic carbocycles. The van der Waals surface area contributed by atoms with E-state index < -0.39 is 0 Å². The van der Waals surface area contributed by atoms with E-state index in [-0.39, 0.29) is 12.3 Å². The predicted molar refractivity (Wildman–Crippen MR) is 66.6 cm³/mol. The SMILES string of the molecule is NC(=O)CC=Cc1n[nH]c2cc(Br)ccc12. The van der Waals surface area contributed by atoms with Gasteiger partial charge >= 0.3 is 0 Å². The van der Waals surface area contributed by atoms with Crippen LogP contribution in [0.1, 0.15) is 12.1 Å². The van der Waals surface area contributed by atoms with Gasteiger partial charge in [0.2, 0.25) is 5.91 Å². The first-order valence-corrected chi connectivity index (χ1v) is 5.54. The van der Waals surface area contributed by atoms with Gasteiger partial charge < -0.3 is 5.73 Å². The van der Waals surface area contributed by atoms with E-state index in [9.17, 15) is 4.79 Å². The zero-order valence-electron chi connectivity index (χ0n) is 8.40. The molecule has 1 aromatic heterocycles. The Morgan fingerprint density at radius 1 is 1.56 bits per heavy atom. The number of carbonyl (C=O) groups is 1. The zero-order valence-corrected chi connectivity index (χ0v) is 9.99. The molecule has 0 saturated carbocycles. The number of nitrogens with two attached hydrogens (primary N) is 1. The highest BCUT2D eigenvalue weighted by molar-refractivity contribution is 9.10. The summed E-state index contributed by atoms with van der Waals surface area (Å²) >= 11 is 3.39. The Morgan fingerprint density at radius 3 is 3.12 bits per heavy atom. The second-order valence-electron chi connectivity index (χ2n) is 3.37. The minimum absolute atomic E-state index is 0.227. The lowest BCUT2D eigenvalue weighted by molar-refractivity contribution is -0.117. The number of fused-ring (bicyclic) bond motifs is 1. The summed E-state index contributed by atoms with van der Waals surface area (Å²) in [6, 6.07) is 5.86. The van der Waals surface area contributed by atoms with Crippen LogP contribution in [0.4, 0.5) is 0 Å². The van der Waals surface area contributed by atoms with Crippen LogP contribution in [0.2, 0.25) is 0 Å². The monoisotopic (exact) mass is 279 g/mol. The van der Waals surface area contributed by atoms with Crippen LogP contribution in [-0.4, -0.2) is 16.1 Å². The van der Waals surface area contributed by atoms with Gasteiger partial charge in [0.05, 0.1) is 11.2 Å². The minimum atomic E-state index is -0.348. The molecule has 82 valence electrons. The van der Waals surface area contributed by atoms with Gasteiger partial charge in [-0.3, -0.25) is 9.89 Å². The number of amides is 1. The van der Waals surface area contributed by atoms with E-state index in [2.05, 4.69) is 26.1 Å². The molecule has 0 bridgehead atoms. The Labute approximate surface area is 101 Å². The van der Waals surface area contributed by atoms with E-state index in [1.807, 2.05) is 18.2 Å². The highest BCUT2D eigenvalue weighted by Gasteiger charge is 2.02. The van der Waals surface area contributed by atoms with E-state index >= 15 is 0 Å². The van der Waals surface area contributed by atoms with Crippen molar-refractivity contribution < 1.29 is 4.79 Å². The fourth-order valence-electron chi connectivity index (χ4n) is 1.43. The summed E-state index contributed by atoms with van der Waals surface area (Å²) in [6.45, 7) is 0. The number of hydrogen-bond donors (Lipinski definition) is 2. The number of benzene rings is 1. The third-order valence-electron chi connectivity index (χ3n) is 2.15. The molecular weight excluding hydrogens is 270 g/mol. The number of halogens is 1. The molecule has 0 radical (unpaired) electrons. The Hall–Kier alpha value is -1.62. The van der Waals surface area contributed by atoms with Crippen LogP contribution in [0, 0.1) is 0 Å². The van der Waals surface area contributed by atoms with Crippen molar-refractivity contribution >= 4 is 38.8 Å². The summed E-state index contributed by atoms with van der Waals surface area (Å²) in [6.07, 6.45) is 3.72. The second kappa shape index (κ2) is 4.49. The molecule has 0 aliphatic carbocycles. The van der Waals surface area contributed by atoms with Crippen LogP contribution in [0.25, 0.3) is 17.0 Å². The summed E-state index contributed by atoms with van der Waals surface area (Å²) < 4.78 is 0.997. The molecule has 4 nitrogen and oxygen atoms in total. The second-order valence-corrected chi connectivity index (χ2v) is 4.29. The first-order valence-electron chi connectivity index (χ1n) is 4.75. The highest BCUT2D eigenvalue weighted by Crippen LogP contribution is 2.21. The lowest BCUT2D eigenvalue weighted by atomic mass is 10.2. The molecule has 3 N–H and O–H groups in total. The molecule has 0 saturated heterocycles. The molecule has 2 aromatic rings. The number of carbonyl (C=O) groups excluding carboxylic acids is 1. The van der Waals surface area contributed by atoms with Gasteiger partial charge in [0.1, 0.15) is 0 Å². The van der Waals surface area contributed by atoms with Crippen LogP contribution in [0.15, 0.2) is 28.7 Å². The Kier molecular flexibility index (Phi) is 3.05. The number of nitrogens with zero attached hydrogens (tertiary/aromatic N) is 1. The van der Waals surface area contributed by atoms with Crippen molar-refractivity contribution in [1.82, 2.24) is 10.2 Å². The van der Waals surface area contributed by atoms with Crippen molar-refractivity contribution in [2.75, 3.05) is 0 Å². The quantitative estimate of drug-likeness (QED) is 0.904. The number of aromatic nitrogens is 2. The number of rotatable bonds is 3. The van der Waals surface area contributed by atoms with Gasteiger partial charge in [-0.05, 0) is 24.3 Å². The van der Waals surface area contributed by atoms with Gasteiger partial charge in [-0.2, -0.15) is 5.10 Å². The summed E-state index contributed by atoms with van der Waals surface area (Å²) in [5.41, 5.74) is 6.80. The summed E-state index contributed by atoms with van der Waals surface area (Å²) in [7, 11) is 0. The fraction of sp³-hybridized carbons (Fsp3) is 0.0909. The van der Waals surface area contributed by atoms with Gasteiger partial charge in [-0.1, -0.05) is 22.0 Å². The lowest BCUT2D eigenvalue weighted by Crippen LogP contribution is -2.07. The van der Waals surface area contributed by atoms with Crippen LogP contribution < -0.4 is 5.73 Å². The maximum atomic E-state index is 10.6. The van der Waals surface area contributed by atoms with Gasteiger partial charge in [0, 0.05) is 16.3 Å². The van der Waals surface area contributed by atoms with Crippen LogP contribution in [0.3, 0.4) is 0 Å². The Balaban J connectivity index is 2.32. The summed E-state index contributed by atoms with van der Waals surface area (Å²) in [4.78, 5) is 10.6. The van der Waals surface area contributed by atoms with E-state index in [1.54, 1.807) is 12.2 Å². The lowest BCUT2D eigenvalue weighted by Gasteiger charge is -1.91. The molecule has 0 fully saturated rings. The predicted octanol–water partition coefficient (Wildman–Crippen LogP) is 2.21. The topological polar surface area (TPSA) is 71.8 Å². The van der Waals surface area contributed by atoms with Gasteiger partial charge in [-0.25, -0.2) is 0 Å². The number of nitrogens with one attached hydrogen (secondary N) is 1. The number of aromatic amines is 1. The number of primary amides is 1. The van der Waals surface area contributed by atoms with Crippen molar-refractivity contribution in [3.63, 3.8) is 0 Å². The fourth-order valence-corrected chi connectivity index (χ4v) is 1.79. The number of hydrogen-bond acceptors (Lipinski definition) is 2. The van der Waals surface area contributed by atoms with Crippen molar-refractivity contribution in [1.29, 1.82) is 0 Å². The molecule has 0 spiro atoms. The zero-order chi connectivity index (χ0) is 11.5. The smallest absolute Gasteiger partial charge is 0.221 e. The normalized spacial score (nSPS) is 11.3. The molecule has 2 rings (SSSR count). The first-order chi connectivity index (χ1) is 7.66. The van der Waals surface area contributed by atoms with Crippen molar-refractivity contribution in [3.05, 3.63) is 34.4 Å². The molecule has 0 aliphatic heterocycles. The summed E-state index contributed by atoms with van der Waals surface area (Å²) in [5, 5.41) is 8.09. The molecule has 0 atom stereocenters. The van der Waals surface area contributed by atoms with E-state index in [1.165, 1.54) is 0 Å². The molecule has 0 aliphatic rings. The van der Waals surface area contributed by atoms with Crippen LogP contribution in [0.5, 0.6) is 0 Å². The van der Waals surface area contributed by atoms with Crippen LogP contribution >= 0.6 is 15.9 Å². The average Bonchev–Trinajstić information content (AvgIpc) is 2.60. The van der Waals surface area contributed by atoms with Crippen LogP contribution in [-0.2, 0) is 4.79 Å². The average molecular weight is 280 g/mol. The standard InChI is InChI=1S/C11H10BrN3O/c12-7-4-5-8-9(2-1-3-11(13)16)14-15-10(8)6-7/h1-2,4-6H,3H2,(H2,13,16)(H,14,15). The van der Waals surface area contributed by atoms with E-state index in [0.29, 0.717) is 0 Å². The summed E-state index contributed by atoms with van der Waals surface area (Å²) in [5.74, 6) is -0.348. The third kappa shape index (κ3) is 2.30. The molecule has 1 amide bonds. The Morgan fingerprint density at radius 2 is 2.38 bits per heavy atom. The van der Waals surface area contributed by atoms with Crippen molar-refractivity contribution in [3.8, 4) is 0 Å². The molecule has 1 heterocycles. The first kappa shape index (κ1) is 10.9. The molecular formula is C11H10BrN3O. The molecule has 16 heavy (non-hydrogen) atoms. The van der Waals surface area contributed by atoms with Crippen molar-refractivity contribution in [2.24, 2.45) is 5.73 Å². The third-order valence-corrected chi connectivity index (χ3v) is 2.64. The maximum absolute atomic E-state index is 10.6. The van der Waals surface area contributed by atoms with Crippen molar-refractivity contribution in [2.45, 2.75) is 6.42 Å². The van der Waals surface area contributed by atoms with E-state index in [4.69, 9.17) is 5.73 Å².